The number of imide groups is 1. The number of benzene rings is 2. The van der Waals surface area contributed by atoms with Crippen LogP contribution in [-0.2, 0) is 19.6 Å². The summed E-state index contributed by atoms with van der Waals surface area (Å²) in [6.45, 7) is 0. The molecule has 3 rings (SSSR count). The number of nitrogens with zero attached hydrogens (tertiary/aromatic N) is 1. The first-order valence-corrected chi connectivity index (χ1v) is 9.55. The minimum Gasteiger partial charge on any atom is -0.497 e. The van der Waals surface area contributed by atoms with Crippen LogP contribution in [0.5, 0.6) is 11.5 Å². The Morgan fingerprint density at radius 2 is 1.56 bits per heavy atom. The summed E-state index contributed by atoms with van der Waals surface area (Å²) in [7, 11) is -1.05. The molecule has 1 N–H and O–H groups in total. The molecule has 2 amide bonds. The summed E-state index contributed by atoms with van der Waals surface area (Å²) >= 11 is 0. The molecule has 2 aromatic rings. The number of carbonyl (C=O) groups is 2. The second kappa shape index (κ2) is 7.28. The van der Waals surface area contributed by atoms with Crippen LogP contribution in [0.4, 0.5) is 11.4 Å². The van der Waals surface area contributed by atoms with Gasteiger partial charge >= 0.3 is 0 Å². The summed E-state index contributed by atoms with van der Waals surface area (Å²) in [5, 5.41) is 0. The van der Waals surface area contributed by atoms with E-state index in [1.807, 2.05) is 0 Å². The van der Waals surface area contributed by atoms with Gasteiger partial charge in [0, 0.05) is 18.5 Å². The van der Waals surface area contributed by atoms with Crippen molar-refractivity contribution < 1.29 is 27.5 Å². The Bertz CT molecular complexity index is 969. The van der Waals surface area contributed by atoms with Crippen LogP contribution in [-0.4, -0.2) is 34.5 Å². The van der Waals surface area contributed by atoms with Gasteiger partial charge in [0.05, 0.1) is 24.8 Å². The SMILES string of the molecule is COc1ccc(NS(=O)(=O)c2ccc(OC)c(N3C(=O)CCC3=O)c2)cc1. The van der Waals surface area contributed by atoms with Crippen LogP contribution in [0, 0.1) is 0 Å². The van der Waals surface area contributed by atoms with E-state index in [1.165, 1.54) is 32.4 Å². The largest absolute Gasteiger partial charge is 0.497 e. The summed E-state index contributed by atoms with van der Waals surface area (Å²) < 4.78 is 38.1. The number of ether oxygens (including phenoxy) is 2. The third-order valence-corrected chi connectivity index (χ3v) is 5.47. The topological polar surface area (TPSA) is 102 Å². The van der Waals surface area contributed by atoms with Crippen molar-refractivity contribution in [3.8, 4) is 11.5 Å². The summed E-state index contributed by atoms with van der Waals surface area (Å²) in [5.74, 6) is 0.0460. The zero-order valence-corrected chi connectivity index (χ0v) is 15.6. The van der Waals surface area contributed by atoms with Crippen molar-refractivity contribution in [3.63, 3.8) is 0 Å². The molecule has 1 heterocycles. The number of anilines is 2. The molecule has 0 saturated carbocycles. The van der Waals surface area contributed by atoms with E-state index in [1.54, 1.807) is 24.3 Å². The zero-order chi connectivity index (χ0) is 19.6. The van der Waals surface area contributed by atoms with E-state index in [-0.39, 0.29) is 29.2 Å². The molecular formula is C18H18N2O6S. The van der Waals surface area contributed by atoms with Crippen molar-refractivity contribution in [2.24, 2.45) is 0 Å². The first kappa shape index (κ1) is 18.7. The smallest absolute Gasteiger partial charge is 0.261 e. The van der Waals surface area contributed by atoms with Gasteiger partial charge in [-0.1, -0.05) is 0 Å². The minimum absolute atomic E-state index is 0.0864. The van der Waals surface area contributed by atoms with Gasteiger partial charge in [-0.25, -0.2) is 13.3 Å². The maximum Gasteiger partial charge on any atom is 0.261 e. The molecule has 1 aliphatic heterocycles. The molecule has 0 aromatic heterocycles. The lowest BCUT2D eigenvalue weighted by molar-refractivity contribution is -0.121. The summed E-state index contributed by atoms with van der Waals surface area (Å²) in [4.78, 5) is 24.9. The third kappa shape index (κ3) is 3.72. The maximum absolute atomic E-state index is 12.7. The molecule has 0 aliphatic carbocycles. The normalized spacial score (nSPS) is 14.4. The van der Waals surface area contributed by atoms with E-state index in [4.69, 9.17) is 9.47 Å². The van der Waals surface area contributed by atoms with Crippen LogP contribution in [0.3, 0.4) is 0 Å². The number of sulfonamides is 1. The van der Waals surface area contributed by atoms with E-state index in [0.717, 1.165) is 4.90 Å². The Hall–Kier alpha value is -3.07. The Labute approximate surface area is 156 Å². The molecule has 1 aliphatic rings. The highest BCUT2D eigenvalue weighted by Crippen LogP contribution is 2.34. The highest BCUT2D eigenvalue weighted by molar-refractivity contribution is 7.92. The average Bonchev–Trinajstić information content (AvgIpc) is 2.99. The van der Waals surface area contributed by atoms with Gasteiger partial charge in [0.15, 0.2) is 0 Å². The molecule has 27 heavy (non-hydrogen) atoms. The molecule has 142 valence electrons. The van der Waals surface area contributed by atoms with Gasteiger partial charge in [0.2, 0.25) is 11.8 Å². The number of nitrogens with one attached hydrogen (secondary N) is 1. The highest BCUT2D eigenvalue weighted by atomic mass is 32.2. The Morgan fingerprint density at radius 1 is 0.926 bits per heavy atom. The van der Waals surface area contributed by atoms with Crippen LogP contribution in [0.25, 0.3) is 0 Å². The predicted molar refractivity (Wildman–Crippen MR) is 98.5 cm³/mol. The standard InChI is InChI=1S/C18H18N2O6S/c1-25-13-5-3-12(4-6-13)19-27(23,24)14-7-8-16(26-2)15(11-14)20-17(21)9-10-18(20)22/h3-8,11,19H,9-10H2,1-2H3. The van der Waals surface area contributed by atoms with Crippen molar-refractivity contribution in [3.05, 3.63) is 42.5 Å². The summed E-state index contributed by atoms with van der Waals surface area (Å²) in [5.41, 5.74) is 0.462. The fraction of sp³-hybridized carbons (Fsp3) is 0.222. The number of carbonyl (C=O) groups excluding carboxylic acids is 2. The molecule has 0 bridgehead atoms. The fourth-order valence-electron chi connectivity index (χ4n) is 2.73. The fourth-order valence-corrected chi connectivity index (χ4v) is 3.81. The molecule has 0 spiro atoms. The van der Waals surface area contributed by atoms with Gasteiger partial charge in [0.1, 0.15) is 11.5 Å². The molecule has 1 fully saturated rings. The zero-order valence-electron chi connectivity index (χ0n) is 14.8. The van der Waals surface area contributed by atoms with Crippen LogP contribution >= 0.6 is 0 Å². The second-order valence-electron chi connectivity index (χ2n) is 5.79. The molecule has 8 nitrogen and oxygen atoms in total. The van der Waals surface area contributed by atoms with Gasteiger partial charge < -0.3 is 9.47 Å². The Balaban J connectivity index is 1.96. The molecule has 1 saturated heterocycles. The molecular weight excluding hydrogens is 372 g/mol. The number of methoxy groups -OCH3 is 2. The quantitative estimate of drug-likeness (QED) is 0.759. The van der Waals surface area contributed by atoms with Gasteiger partial charge in [-0.3, -0.25) is 14.3 Å². The Morgan fingerprint density at radius 3 is 2.11 bits per heavy atom. The van der Waals surface area contributed by atoms with Crippen LogP contribution in [0.2, 0.25) is 0 Å². The van der Waals surface area contributed by atoms with Gasteiger partial charge in [0.25, 0.3) is 10.0 Å². The van der Waals surface area contributed by atoms with Gasteiger partial charge in [-0.05, 0) is 42.5 Å². The molecule has 0 atom stereocenters. The number of hydrogen-bond acceptors (Lipinski definition) is 6. The first-order valence-electron chi connectivity index (χ1n) is 8.06. The summed E-state index contributed by atoms with van der Waals surface area (Å²) in [6, 6.07) is 10.4. The van der Waals surface area contributed by atoms with E-state index < -0.39 is 21.8 Å². The Kier molecular flexibility index (Phi) is 5.04. The monoisotopic (exact) mass is 390 g/mol. The van der Waals surface area contributed by atoms with Crippen molar-refractivity contribution in [1.29, 1.82) is 0 Å². The molecule has 0 unspecified atom stereocenters. The first-order chi connectivity index (χ1) is 12.9. The van der Waals surface area contributed by atoms with E-state index in [0.29, 0.717) is 11.4 Å². The molecule has 2 aromatic carbocycles. The predicted octanol–water partition coefficient (Wildman–Crippen LogP) is 2.16. The van der Waals surface area contributed by atoms with Crippen LogP contribution in [0.15, 0.2) is 47.4 Å². The summed E-state index contributed by atoms with van der Waals surface area (Å²) in [6.07, 6.45) is 0.173. The molecule has 9 heteroatoms. The van der Waals surface area contributed by atoms with Gasteiger partial charge in [-0.15, -0.1) is 0 Å². The van der Waals surface area contributed by atoms with Crippen LogP contribution < -0.4 is 19.1 Å². The number of hydrogen-bond donors (Lipinski definition) is 1. The van der Waals surface area contributed by atoms with Crippen molar-refractivity contribution in [2.45, 2.75) is 17.7 Å². The second-order valence-corrected chi connectivity index (χ2v) is 7.47. The maximum atomic E-state index is 12.7. The third-order valence-electron chi connectivity index (χ3n) is 4.10. The van der Waals surface area contributed by atoms with Crippen molar-refractivity contribution >= 4 is 33.2 Å². The van der Waals surface area contributed by atoms with Gasteiger partial charge in [-0.2, -0.15) is 0 Å². The lowest BCUT2D eigenvalue weighted by atomic mass is 10.2. The molecule has 0 radical (unpaired) electrons. The van der Waals surface area contributed by atoms with Crippen molar-refractivity contribution in [1.82, 2.24) is 0 Å². The average molecular weight is 390 g/mol. The number of rotatable bonds is 6. The minimum atomic E-state index is -3.94. The lowest BCUT2D eigenvalue weighted by Gasteiger charge is -2.18. The van der Waals surface area contributed by atoms with Crippen LogP contribution in [0.1, 0.15) is 12.8 Å². The van der Waals surface area contributed by atoms with E-state index in [2.05, 4.69) is 4.72 Å². The van der Waals surface area contributed by atoms with E-state index in [9.17, 15) is 18.0 Å². The lowest BCUT2D eigenvalue weighted by Crippen LogP contribution is -2.29. The number of amides is 2. The van der Waals surface area contributed by atoms with E-state index >= 15 is 0 Å². The highest BCUT2D eigenvalue weighted by Gasteiger charge is 2.33. The van der Waals surface area contributed by atoms with Crippen molar-refractivity contribution in [2.75, 3.05) is 23.8 Å².